The molecule has 3 aliphatic rings. The van der Waals surface area contributed by atoms with E-state index >= 15 is 0 Å². The van der Waals surface area contributed by atoms with Crippen molar-refractivity contribution in [2.45, 2.75) is 98.6 Å². The van der Waals surface area contributed by atoms with Crippen molar-refractivity contribution < 1.29 is 38.1 Å². The van der Waals surface area contributed by atoms with Crippen molar-refractivity contribution in [1.82, 2.24) is 0 Å². The topological polar surface area (TPSA) is 105 Å². The van der Waals surface area contributed by atoms with Gasteiger partial charge >= 0.3 is 23.9 Å². The molecule has 0 saturated heterocycles. The minimum atomic E-state index is -0.948. The van der Waals surface area contributed by atoms with E-state index in [0.717, 1.165) is 11.1 Å². The van der Waals surface area contributed by atoms with Crippen molar-refractivity contribution in [2.75, 3.05) is 0 Å². The maximum Gasteiger partial charge on any atom is 0.334 e. The monoisotopic (exact) mass is 488 g/mol. The largest absolute Gasteiger partial charge is 0.462 e. The zero-order valence-electron chi connectivity index (χ0n) is 21.6. The Kier molecular flexibility index (Phi) is 7.92. The summed E-state index contributed by atoms with van der Waals surface area (Å²) in [5.41, 5.74) is 1.86. The molecule has 6 atom stereocenters. The first-order chi connectivity index (χ1) is 16.4. The highest BCUT2D eigenvalue weighted by Crippen LogP contribution is 2.53. The Morgan fingerprint density at radius 1 is 1.06 bits per heavy atom. The molecule has 0 fully saturated rings. The summed E-state index contributed by atoms with van der Waals surface area (Å²) < 4.78 is 23.5. The van der Waals surface area contributed by atoms with Gasteiger partial charge in [0.2, 0.25) is 0 Å². The third-order valence-corrected chi connectivity index (χ3v) is 7.49. The second-order valence-corrected chi connectivity index (χ2v) is 9.95. The Labute approximate surface area is 206 Å². The number of ether oxygens (including phenoxy) is 4. The molecule has 0 aromatic heterocycles. The van der Waals surface area contributed by atoms with Gasteiger partial charge in [-0.05, 0) is 39.7 Å². The van der Waals surface area contributed by atoms with Crippen LogP contribution >= 0.6 is 0 Å². The van der Waals surface area contributed by atoms with Gasteiger partial charge in [0, 0.05) is 43.8 Å². The maximum atomic E-state index is 12.7. The van der Waals surface area contributed by atoms with Gasteiger partial charge in [-0.15, -0.1) is 0 Å². The van der Waals surface area contributed by atoms with Crippen molar-refractivity contribution in [2.24, 2.45) is 11.3 Å². The van der Waals surface area contributed by atoms with Crippen LogP contribution in [0.5, 0.6) is 0 Å². The summed E-state index contributed by atoms with van der Waals surface area (Å²) in [5, 5.41) is 0. The molecule has 8 heteroatoms. The summed E-state index contributed by atoms with van der Waals surface area (Å²) in [5.74, 6) is -2.33. The molecule has 1 aliphatic heterocycles. The lowest BCUT2D eigenvalue weighted by atomic mass is 9.58. The highest BCUT2D eigenvalue weighted by molar-refractivity contribution is 5.92. The number of allylic oxidation sites excluding steroid dienone is 1. The lowest BCUT2D eigenvalue weighted by Crippen LogP contribution is -2.58. The smallest absolute Gasteiger partial charge is 0.334 e. The Balaban J connectivity index is 2.32. The standard InChI is InChI=1S/C27H36O8/c1-8-22(30)35-21-11-9-14(2)13-19-23(16(4)26(31)34-19)25(33-18(6)29)24-15(3)10-12-20(27(21,24)7)32-17(5)28/h10,13,19-21,24-25H,8-9,11-12H2,1-7H3/b14-13-/t19-,20-,21-,24+,25-,27+/m1/s1. The normalized spacial score (nSPS) is 34.4. The molecule has 0 unspecified atom stereocenters. The number of rotatable bonds is 4. The van der Waals surface area contributed by atoms with E-state index in [1.807, 2.05) is 32.9 Å². The van der Waals surface area contributed by atoms with Gasteiger partial charge in [0.15, 0.2) is 0 Å². The predicted octanol–water partition coefficient (Wildman–Crippen LogP) is 4.13. The molecule has 0 radical (unpaired) electrons. The zero-order chi connectivity index (χ0) is 26.1. The van der Waals surface area contributed by atoms with Crippen LogP contribution < -0.4 is 0 Å². The van der Waals surface area contributed by atoms with Crippen LogP contribution in [0.1, 0.15) is 74.1 Å². The summed E-state index contributed by atoms with van der Waals surface area (Å²) in [7, 11) is 0. The van der Waals surface area contributed by atoms with Crippen LogP contribution in [0, 0.1) is 11.3 Å². The van der Waals surface area contributed by atoms with E-state index in [9.17, 15) is 19.2 Å². The van der Waals surface area contributed by atoms with Crippen LogP contribution in [0.15, 0.2) is 34.4 Å². The molecule has 3 rings (SSSR count). The van der Waals surface area contributed by atoms with Crippen LogP contribution in [0.2, 0.25) is 0 Å². The minimum absolute atomic E-state index is 0.196. The van der Waals surface area contributed by atoms with Gasteiger partial charge < -0.3 is 18.9 Å². The molecule has 0 aromatic carbocycles. The highest BCUT2D eigenvalue weighted by atomic mass is 16.6. The summed E-state index contributed by atoms with van der Waals surface area (Å²) in [4.78, 5) is 49.7. The van der Waals surface area contributed by atoms with Crippen molar-refractivity contribution in [3.05, 3.63) is 34.4 Å². The highest BCUT2D eigenvalue weighted by Gasteiger charge is 2.58. The van der Waals surface area contributed by atoms with Crippen molar-refractivity contribution in [3.63, 3.8) is 0 Å². The number of hydrogen-bond donors (Lipinski definition) is 0. The second-order valence-electron chi connectivity index (χ2n) is 9.95. The minimum Gasteiger partial charge on any atom is -0.462 e. The molecule has 8 nitrogen and oxygen atoms in total. The van der Waals surface area contributed by atoms with Gasteiger partial charge in [-0.3, -0.25) is 14.4 Å². The van der Waals surface area contributed by atoms with Gasteiger partial charge in [-0.25, -0.2) is 4.79 Å². The third kappa shape index (κ3) is 5.21. The van der Waals surface area contributed by atoms with Crippen LogP contribution in [0.25, 0.3) is 0 Å². The van der Waals surface area contributed by atoms with E-state index < -0.39 is 53.7 Å². The van der Waals surface area contributed by atoms with E-state index in [1.165, 1.54) is 13.8 Å². The molecule has 0 bridgehead atoms. The Hall–Kier alpha value is -2.90. The molecule has 1 heterocycles. The van der Waals surface area contributed by atoms with Crippen molar-refractivity contribution in [1.29, 1.82) is 0 Å². The fraction of sp³-hybridized carbons (Fsp3) is 0.630. The number of esters is 4. The lowest BCUT2D eigenvalue weighted by Gasteiger charge is -2.52. The number of fused-ring (bicyclic) bond motifs is 2. The van der Waals surface area contributed by atoms with Gasteiger partial charge in [0.25, 0.3) is 0 Å². The Morgan fingerprint density at radius 3 is 2.31 bits per heavy atom. The van der Waals surface area contributed by atoms with Crippen LogP contribution in [-0.2, 0) is 38.1 Å². The van der Waals surface area contributed by atoms with E-state index in [4.69, 9.17) is 18.9 Å². The number of hydrogen-bond acceptors (Lipinski definition) is 8. The van der Waals surface area contributed by atoms with Crippen LogP contribution in [-0.4, -0.2) is 48.3 Å². The zero-order valence-corrected chi connectivity index (χ0v) is 21.6. The lowest BCUT2D eigenvalue weighted by molar-refractivity contribution is -0.189. The molecule has 35 heavy (non-hydrogen) atoms. The first kappa shape index (κ1) is 26.7. The van der Waals surface area contributed by atoms with E-state index in [0.29, 0.717) is 30.4 Å². The van der Waals surface area contributed by atoms with Gasteiger partial charge in [0.1, 0.15) is 24.4 Å². The number of carbonyl (C=O) groups excluding carboxylic acids is 4. The summed E-state index contributed by atoms with van der Waals surface area (Å²) in [6.07, 6.45) is 2.68. The molecule has 2 aliphatic carbocycles. The summed E-state index contributed by atoms with van der Waals surface area (Å²) >= 11 is 0. The first-order valence-electron chi connectivity index (χ1n) is 12.2. The molecule has 0 aromatic rings. The fourth-order valence-electron chi connectivity index (χ4n) is 5.74. The maximum absolute atomic E-state index is 12.7. The third-order valence-electron chi connectivity index (χ3n) is 7.49. The summed E-state index contributed by atoms with van der Waals surface area (Å²) in [6, 6.07) is 0. The van der Waals surface area contributed by atoms with Crippen LogP contribution in [0.3, 0.4) is 0 Å². The van der Waals surface area contributed by atoms with Gasteiger partial charge in [0.05, 0.1) is 5.41 Å². The molecular weight excluding hydrogens is 452 g/mol. The van der Waals surface area contributed by atoms with Gasteiger partial charge in [-0.1, -0.05) is 31.1 Å². The average molecular weight is 489 g/mol. The van der Waals surface area contributed by atoms with E-state index in [1.54, 1.807) is 13.8 Å². The Morgan fingerprint density at radius 2 is 1.71 bits per heavy atom. The Bertz CT molecular complexity index is 1000. The SMILES string of the molecule is CCC(=O)O[C@@H]1CC/C(C)=C\[C@H]2OC(=O)C(C)=C2[C@@H](OC(C)=O)[C@@H]2C(C)=CC[C@@H](OC(C)=O)[C@@]12C. The first-order valence-corrected chi connectivity index (χ1v) is 12.2. The molecule has 0 amide bonds. The fourth-order valence-corrected chi connectivity index (χ4v) is 5.74. The van der Waals surface area contributed by atoms with Crippen molar-refractivity contribution in [3.8, 4) is 0 Å². The number of carbonyl (C=O) groups is 4. The molecular formula is C27H36O8. The second kappa shape index (κ2) is 10.4. The quantitative estimate of drug-likeness (QED) is 0.331. The predicted molar refractivity (Wildman–Crippen MR) is 127 cm³/mol. The average Bonchev–Trinajstić information content (AvgIpc) is 3.03. The molecule has 0 N–H and O–H groups in total. The van der Waals surface area contributed by atoms with E-state index in [2.05, 4.69) is 0 Å². The van der Waals surface area contributed by atoms with Crippen LogP contribution in [0.4, 0.5) is 0 Å². The molecule has 0 saturated carbocycles. The van der Waals surface area contributed by atoms with E-state index in [-0.39, 0.29) is 12.4 Å². The molecule has 0 spiro atoms. The molecule has 192 valence electrons. The van der Waals surface area contributed by atoms with Gasteiger partial charge in [-0.2, -0.15) is 0 Å². The summed E-state index contributed by atoms with van der Waals surface area (Å²) in [6.45, 7) is 11.8. The van der Waals surface area contributed by atoms with Crippen molar-refractivity contribution >= 4 is 23.9 Å².